The number of halogens is 1. The van der Waals surface area contributed by atoms with E-state index in [0.29, 0.717) is 0 Å². The van der Waals surface area contributed by atoms with E-state index in [2.05, 4.69) is 48.5 Å². The molecule has 0 aliphatic rings. The molecule has 0 bridgehead atoms. The summed E-state index contributed by atoms with van der Waals surface area (Å²) in [5.41, 5.74) is 1.24. The molecule has 1 heterocycles. The largest absolute Gasteiger partial charge is 1.00 e. The van der Waals surface area contributed by atoms with Gasteiger partial charge in [0.05, 0.1) is 0 Å². The van der Waals surface area contributed by atoms with Crippen LogP contribution in [0.4, 0.5) is 0 Å². The first-order valence-corrected chi connectivity index (χ1v) is 6.47. The number of rotatable bonds is 3. The lowest BCUT2D eigenvalue weighted by Crippen LogP contribution is -3.00. The van der Waals surface area contributed by atoms with E-state index >= 15 is 0 Å². The van der Waals surface area contributed by atoms with Crippen molar-refractivity contribution in [2.24, 2.45) is 7.05 Å². The molecule has 0 atom stereocenters. The minimum Gasteiger partial charge on any atom is -1.00 e. The van der Waals surface area contributed by atoms with Gasteiger partial charge in [-0.3, -0.25) is 0 Å². The van der Waals surface area contributed by atoms with Crippen LogP contribution in [0.1, 0.15) is 5.69 Å². The Hall–Kier alpha value is 0.320. The lowest BCUT2D eigenvalue weighted by molar-refractivity contribution is -0.673. The zero-order valence-electron chi connectivity index (χ0n) is 8.53. The maximum Gasteiger partial charge on any atom is 0.206 e. The molecule has 0 aliphatic heterocycles. The van der Waals surface area contributed by atoms with Crippen molar-refractivity contribution in [2.75, 3.05) is 12.5 Å². The number of hydrogen-bond acceptors (Lipinski definition) is 2. The van der Waals surface area contributed by atoms with Gasteiger partial charge in [0.2, 0.25) is 5.69 Å². The maximum absolute atomic E-state index is 2.20. The summed E-state index contributed by atoms with van der Waals surface area (Å²) >= 11 is 3.57. The normalized spacial score (nSPS) is 9.07. The average Bonchev–Trinajstić information content (AvgIpc) is 2.17. The molecule has 0 aliphatic carbocycles. The molecule has 0 radical (unpaired) electrons. The fourth-order valence-corrected chi connectivity index (χ4v) is 2.15. The Bertz CT molecular complexity index is 307. The van der Waals surface area contributed by atoms with Gasteiger partial charge in [-0.2, -0.15) is 0 Å². The molecule has 0 aromatic carbocycles. The van der Waals surface area contributed by atoms with Gasteiger partial charge in [-0.15, -0.1) is 23.5 Å². The number of hydrogen-bond donors (Lipinski definition) is 0. The van der Waals surface area contributed by atoms with Crippen molar-refractivity contribution in [2.45, 2.75) is 0 Å². The fourth-order valence-electron chi connectivity index (χ4n) is 1.01. The summed E-state index contributed by atoms with van der Waals surface area (Å²) in [6, 6.07) is 6.21. The summed E-state index contributed by atoms with van der Waals surface area (Å²) < 4.78 is 3.45. The summed E-state index contributed by atoms with van der Waals surface area (Å²) in [7, 11) is 2.06. The second kappa shape index (κ2) is 7.59. The highest BCUT2D eigenvalue weighted by Gasteiger charge is 2.02. The second-order valence-electron chi connectivity index (χ2n) is 2.61. The molecule has 78 valence electrons. The van der Waals surface area contributed by atoms with Gasteiger partial charge in [-0.25, -0.2) is 4.57 Å². The van der Waals surface area contributed by atoms with E-state index < -0.39 is 0 Å². The third-order valence-electron chi connectivity index (χ3n) is 1.76. The van der Waals surface area contributed by atoms with Crippen LogP contribution in [0.5, 0.6) is 0 Å². The Kier molecular flexibility index (Phi) is 7.76. The summed E-state index contributed by atoms with van der Waals surface area (Å²) in [4.78, 5) is 0. The van der Waals surface area contributed by atoms with Crippen molar-refractivity contribution in [1.82, 2.24) is 0 Å². The Morgan fingerprint density at radius 2 is 1.93 bits per heavy atom. The molecule has 0 N–H and O–H groups in total. The van der Waals surface area contributed by atoms with Crippen molar-refractivity contribution in [3.8, 4) is 0 Å². The Morgan fingerprint density at radius 3 is 2.43 bits per heavy atom. The van der Waals surface area contributed by atoms with E-state index in [1.807, 2.05) is 6.07 Å². The highest BCUT2D eigenvalue weighted by Crippen LogP contribution is 2.24. The minimum absolute atomic E-state index is 0. The van der Waals surface area contributed by atoms with Crippen LogP contribution in [-0.2, 0) is 7.05 Å². The highest BCUT2D eigenvalue weighted by atomic mass is 127. The second-order valence-corrected chi connectivity index (χ2v) is 4.56. The predicted molar refractivity (Wildman–Crippen MR) is 62.6 cm³/mol. The number of aromatic nitrogens is 1. The number of pyridine rings is 1. The minimum atomic E-state index is 0. The zero-order chi connectivity index (χ0) is 9.68. The number of thioether (sulfide) groups is 2. The van der Waals surface area contributed by atoms with E-state index in [-0.39, 0.29) is 24.0 Å². The van der Waals surface area contributed by atoms with E-state index in [4.69, 9.17) is 0 Å². The number of nitrogens with zero attached hydrogens (tertiary/aromatic N) is 1. The third-order valence-corrected chi connectivity index (χ3v) is 3.80. The van der Waals surface area contributed by atoms with Crippen LogP contribution in [0, 0.1) is 0 Å². The molecular weight excluding hydrogens is 325 g/mol. The van der Waals surface area contributed by atoms with Crippen molar-refractivity contribution < 1.29 is 28.5 Å². The molecule has 1 rings (SSSR count). The molecule has 0 fully saturated rings. The zero-order valence-corrected chi connectivity index (χ0v) is 12.3. The van der Waals surface area contributed by atoms with Gasteiger partial charge in [0.15, 0.2) is 6.20 Å². The van der Waals surface area contributed by atoms with E-state index in [0.717, 1.165) is 0 Å². The van der Waals surface area contributed by atoms with Gasteiger partial charge in [0.25, 0.3) is 0 Å². The lowest BCUT2D eigenvalue weighted by Gasteiger charge is -1.97. The molecule has 0 amide bonds. The predicted octanol–water partition coefficient (Wildman–Crippen LogP) is -0.460. The molecule has 1 aromatic rings. The standard InChI is InChI=1S/C10H14NS2.HI/c1-11-7-5-4-6-9(11)8-10(12-2)13-3;/h4-8H,1-3H3;1H/q+1;/p-1. The van der Waals surface area contributed by atoms with Crippen LogP contribution in [0.3, 0.4) is 0 Å². The molecule has 14 heavy (non-hydrogen) atoms. The third kappa shape index (κ3) is 4.23. The smallest absolute Gasteiger partial charge is 0.206 e. The Labute approximate surface area is 111 Å². The van der Waals surface area contributed by atoms with Crippen molar-refractivity contribution in [1.29, 1.82) is 0 Å². The Morgan fingerprint density at radius 1 is 1.29 bits per heavy atom. The first-order valence-electron chi connectivity index (χ1n) is 4.02. The average molecular weight is 339 g/mol. The van der Waals surface area contributed by atoms with Gasteiger partial charge in [-0.1, -0.05) is 0 Å². The molecule has 4 heteroatoms. The molecule has 0 saturated heterocycles. The molecule has 0 saturated carbocycles. The quantitative estimate of drug-likeness (QED) is 0.542. The van der Waals surface area contributed by atoms with Crippen LogP contribution in [0.25, 0.3) is 6.08 Å². The Balaban J connectivity index is 0.00000169. The van der Waals surface area contributed by atoms with Gasteiger partial charge in [-0.05, 0) is 18.6 Å². The van der Waals surface area contributed by atoms with Crippen molar-refractivity contribution >= 4 is 29.6 Å². The summed E-state index contributed by atoms with van der Waals surface area (Å²) in [5, 5.41) is 0. The fraction of sp³-hybridized carbons (Fsp3) is 0.300. The highest BCUT2D eigenvalue weighted by molar-refractivity contribution is 8.21. The van der Waals surface area contributed by atoms with Crippen LogP contribution in [-0.4, -0.2) is 12.5 Å². The molecule has 1 aromatic heterocycles. The van der Waals surface area contributed by atoms with Crippen molar-refractivity contribution in [3.05, 3.63) is 34.3 Å². The van der Waals surface area contributed by atoms with Crippen LogP contribution < -0.4 is 28.5 Å². The first kappa shape index (κ1) is 14.3. The van der Waals surface area contributed by atoms with Crippen LogP contribution in [0.2, 0.25) is 0 Å². The SMILES string of the molecule is CSC(=Cc1cccc[n+]1C)SC.[I-]. The first-order chi connectivity index (χ1) is 6.27. The van der Waals surface area contributed by atoms with Gasteiger partial charge < -0.3 is 24.0 Å². The van der Waals surface area contributed by atoms with E-state index in [9.17, 15) is 0 Å². The lowest BCUT2D eigenvalue weighted by atomic mass is 10.3. The van der Waals surface area contributed by atoms with E-state index in [1.165, 1.54) is 9.93 Å². The van der Waals surface area contributed by atoms with Crippen LogP contribution >= 0.6 is 23.5 Å². The monoisotopic (exact) mass is 339 g/mol. The molecule has 0 unspecified atom stereocenters. The van der Waals surface area contributed by atoms with Gasteiger partial charge in [0.1, 0.15) is 7.05 Å². The summed E-state index contributed by atoms with van der Waals surface area (Å²) in [5.74, 6) is 0. The number of aryl methyl sites for hydroxylation is 1. The molecule has 1 nitrogen and oxygen atoms in total. The van der Waals surface area contributed by atoms with E-state index in [1.54, 1.807) is 23.5 Å². The summed E-state index contributed by atoms with van der Waals surface area (Å²) in [6.45, 7) is 0. The molecule has 0 spiro atoms. The van der Waals surface area contributed by atoms with Crippen molar-refractivity contribution in [3.63, 3.8) is 0 Å². The van der Waals surface area contributed by atoms with Gasteiger partial charge in [0, 0.05) is 22.4 Å². The van der Waals surface area contributed by atoms with Crippen LogP contribution in [0.15, 0.2) is 28.6 Å². The summed E-state index contributed by atoms with van der Waals surface area (Å²) in [6.07, 6.45) is 8.47. The topological polar surface area (TPSA) is 3.88 Å². The van der Waals surface area contributed by atoms with Gasteiger partial charge >= 0.3 is 0 Å². The molecular formula is C10H14INS2. The maximum atomic E-state index is 2.20.